The zero-order valence-corrected chi connectivity index (χ0v) is 7.07. The van der Waals surface area contributed by atoms with Crippen molar-refractivity contribution in [2.75, 3.05) is 0 Å². The van der Waals surface area contributed by atoms with Crippen LogP contribution in [0.3, 0.4) is 0 Å². The number of hydrogen-bond acceptors (Lipinski definition) is 4. The van der Waals surface area contributed by atoms with E-state index >= 15 is 0 Å². The number of aliphatic hydroxyl groups is 2. The molecule has 1 heterocycles. The van der Waals surface area contributed by atoms with Gasteiger partial charge < -0.3 is 20.5 Å². The zero-order chi connectivity index (χ0) is 10.7. The van der Waals surface area contributed by atoms with Gasteiger partial charge in [0.05, 0.1) is 0 Å². The van der Waals surface area contributed by atoms with Crippen LogP contribution in [0.1, 0.15) is 11.7 Å². The van der Waals surface area contributed by atoms with E-state index in [-0.39, 0.29) is 5.56 Å². The molecule has 0 aliphatic rings. The van der Waals surface area contributed by atoms with Gasteiger partial charge >= 0.3 is 5.97 Å². The number of carbonyl (C=O) groups is 1. The first-order valence-corrected chi connectivity index (χ1v) is 3.80. The summed E-state index contributed by atoms with van der Waals surface area (Å²) in [5.41, 5.74) is 0.0531. The maximum absolute atomic E-state index is 10.8. The Labute approximate surface area is 79.2 Å². The second-order valence-corrected chi connectivity index (χ2v) is 2.73. The van der Waals surface area contributed by atoms with Crippen molar-refractivity contribution in [3.05, 3.63) is 35.3 Å². The highest BCUT2D eigenvalue weighted by Crippen LogP contribution is 2.14. The molecule has 6 nitrogen and oxygen atoms in total. The third kappa shape index (κ3) is 2.18. The molecule has 76 valence electrons. The Morgan fingerprint density at radius 1 is 1.50 bits per heavy atom. The van der Waals surface area contributed by atoms with Gasteiger partial charge in [0.15, 0.2) is 18.5 Å². The van der Waals surface area contributed by atoms with Gasteiger partial charge in [-0.05, 0) is 6.07 Å². The fraction of sp³-hybridized carbons (Fsp3) is 0.250. The number of aromatic nitrogens is 1. The Bertz CT molecular complexity index is 340. The summed E-state index contributed by atoms with van der Waals surface area (Å²) in [7, 11) is 0. The topological polar surface area (TPSA) is 105 Å². The molecule has 0 aromatic carbocycles. The van der Waals surface area contributed by atoms with Gasteiger partial charge in [-0.3, -0.25) is 0 Å². The summed E-state index contributed by atoms with van der Waals surface area (Å²) in [5, 5.41) is 37.4. The number of nitrogens with zero attached hydrogens (tertiary/aromatic N) is 1. The van der Waals surface area contributed by atoms with Crippen LogP contribution in [-0.4, -0.2) is 27.4 Å². The molecule has 2 atom stereocenters. The second-order valence-electron chi connectivity index (χ2n) is 2.73. The van der Waals surface area contributed by atoms with Crippen LogP contribution in [0.2, 0.25) is 0 Å². The maximum Gasteiger partial charge on any atom is 0.335 e. The Balaban J connectivity index is 2.89. The highest BCUT2D eigenvalue weighted by molar-refractivity contribution is 5.72. The highest BCUT2D eigenvalue weighted by Gasteiger charge is 2.26. The molecule has 0 fully saturated rings. The predicted octanol–water partition coefficient (Wildman–Crippen LogP) is -1.20. The van der Waals surface area contributed by atoms with E-state index in [1.165, 1.54) is 18.3 Å². The standard InChI is InChI=1S/C8H9NO5/c10-6(7(11)8(12)13)5-2-1-3-9(14)4-5/h1-4,6-7,10-11H,(H,12,13). The van der Waals surface area contributed by atoms with Crippen LogP contribution < -0.4 is 4.73 Å². The Morgan fingerprint density at radius 2 is 2.14 bits per heavy atom. The lowest BCUT2D eigenvalue weighted by molar-refractivity contribution is -0.606. The molecule has 0 saturated heterocycles. The predicted molar refractivity (Wildman–Crippen MR) is 44.0 cm³/mol. The number of pyridine rings is 1. The number of aliphatic hydroxyl groups excluding tert-OH is 2. The van der Waals surface area contributed by atoms with Crippen LogP contribution in [0.4, 0.5) is 0 Å². The first-order valence-electron chi connectivity index (χ1n) is 3.80. The molecule has 2 unspecified atom stereocenters. The van der Waals surface area contributed by atoms with Gasteiger partial charge in [-0.1, -0.05) is 0 Å². The van der Waals surface area contributed by atoms with Crippen molar-refractivity contribution in [3.63, 3.8) is 0 Å². The molecule has 0 aliphatic heterocycles. The van der Waals surface area contributed by atoms with Gasteiger partial charge in [-0.2, -0.15) is 4.73 Å². The number of rotatable bonds is 3. The average molecular weight is 199 g/mol. The van der Waals surface area contributed by atoms with E-state index in [1.54, 1.807) is 0 Å². The van der Waals surface area contributed by atoms with Crippen molar-refractivity contribution in [1.82, 2.24) is 0 Å². The molecule has 1 aromatic rings. The number of aliphatic carboxylic acids is 1. The van der Waals surface area contributed by atoms with Crippen molar-refractivity contribution in [1.29, 1.82) is 0 Å². The average Bonchev–Trinajstić information content (AvgIpc) is 2.15. The molecule has 0 bridgehead atoms. The van der Waals surface area contributed by atoms with Crippen LogP contribution in [-0.2, 0) is 4.79 Å². The Kier molecular flexibility index (Phi) is 3.00. The fourth-order valence-electron chi connectivity index (χ4n) is 0.964. The SMILES string of the molecule is O=C(O)C(O)C(O)c1ccc[n+]([O-])c1. The van der Waals surface area contributed by atoms with E-state index in [2.05, 4.69) is 0 Å². The van der Waals surface area contributed by atoms with Crippen LogP contribution in [0, 0.1) is 5.21 Å². The summed E-state index contributed by atoms with van der Waals surface area (Å²) >= 11 is 0. The van der Waals surface area contributed by atoms with Gasteiger partial charge in [0.25, 0.3) is 0 Å². The van der Waals surface area contributed by atoms with Crippen molar-refractivity contribution < 1.29 is 24.8 Å². The molecule has 0 amide bonds. The lowest BCUT2D eigenvalue weighted by Gasteiger charge is -2.12. The van der Waals surface area contributed by atoms with Crippen LogP contribution >= 0.6 is 0 Å². The lowest BCUT2D eigenvalue weighted by atomic mass is 10.1. The third-order valence-corrected chi connectivity index (χ3v) is 1.69. The smallest absolute Gasteiger partial charge is 0.335 e. The lowest BCUT2D eigenvalue weighted by Crippen LogP contribution is -2.31. The minimum Gasteiger partial charge on any atom is -0.619 e. The first-order chi connectivity index (χ1) is 6.52. The molecule has 3 N–H and O–H groups in total. The summed E-state index contributed by atoms with van der Waals surface area (Å²) < 4.78 is 0.410. The molecule has 6 heteroatoms. The number of hydrogen-bond donors (Lipinski definition) is 3. The minimum absolute atomic E-state index is 0.0531. The molecule has 0 spiro atoms. The van der Waals surface area contributed by atoms with Gasteiger partial charge in [0, 0.05) is 11.6 Å². The molecule has 0 radical (unpaired) electrons. The molecule has 0 aliphatic carbocycles. The number of carboxylic acids is 1. The third-order valence-electron chi connectivity index (χ3n) is 1.69. The van der Waals surface area contributed by atoms with Crippen molar-refractivity contribution in [2.24, 2.45) is 0 Å². The molecular formula is C8H9NO5. The molecule has 0 saturated carbocycles. The molecular weight excluding hydrogens is 190 g/mol. The summed E-state index contributed by atoms with van der Waals surface area (Å²) in [4.78, 5) is 10.3. The summed E-state index contributed by atoms with van der Waals surface area (Å²) in [6, 6.07) is 2.70. The van der Waals surface area contributed by atoms with Crippen LogP contribution in [0.25, 0.3) is 0 Å². The van der Waals surface area contributed by atoms with E-state index in [4.69, 9.17) is 10.2 Å². The Morgan fingerprint density at radius 3 is 2.64 bits per heavy atom. The fourth-order valence-corrected chi connectivity index (χ4v) is 0.964. The maximum atomic E-state index is 10.8. The normalized spacial score (nSPS) is 14.7. The van der Waals surface area contributed by atoms with Gasteiger partial charge in [0.2, 0.25) is 0 Å². The quantitative estimate of drug-likeness (QED) is 0.419. The molecule has 14 heavy (non-hydrogen) atoms. The number of carboxylic acid groups (broad SMARTS) is 1. The summed E-state index contributed by atoms with van der Waals surface area (Å²) in [6.07, 6.45) is -1.36. The van der Waals surface area contributed by atoms with E-state index < -0.39 is 18.2 Å². The molecule has 1 aromatic heterocycles. The van der Waals surface area contributed by atoms with Crippen LogP contribution in [0.5, 0.6) is 0 Å². The van der Waals surface area contributed by atoms with Crippen molar-refractivity contribution >= 4 is 5.97 Å². The van der Waals surface area contributed by atoms with E-state index in [1.807, 2.05) is 0 Å². The summed E-state index contributed by atoms with van der Waals surface area (Å²) in [5.74, 6) is -1.54. The van der Waals surface area contributed by atoms with Crippen LogP contribution in [0.15, 0.2) is 24.5 Å². The van der Waals surface area contributed by atoms with E-state index in [0.29, 0.717) is 4.73 Å². The highest BCUT2D eigenvalue weighted by atomic mass is 16.5. The van der Waals surface area contributed by atoms with Gasteiger partial charge in [-0.15, -0.1) is 0 Å². The first kappa shape index (κ1) is 10.4. The second kappa shape index (κ2) is 4.03. The molecule has 1 rings (SSSR count). The van der Waals surface area contributed by atoms with Gasteiger partial charge in [-0.25, -0.2) is 4.79 Å². The monoisotopic (exact) mass is 199 g/mol. The van der Waals surface area contributed by atoms with E-state index in [0.717, 1.165) is 6.20 Å². The van der Waals surface area contributed by atoms with Crippen molar-refractivity contribution in [2.45, 2.75) is 12.2 Å². The Hall–Kier alpha value is -1.66. The summed E-state index contributed by atoms with van der Waals surface area (Å²) in [6.45, 7) is 0. The van der Waals surface area contributed by atoms with Gasteiger partial charge in [0.1, 0.15) is 6.10 Å². The van der Waals surface area contributed by atoms with E-state index in [9.17, 15) is 15.1 Å². The minimum atomic E-state index is -1.93. The van der Waals surface area contributed by atoms with Crippen molar-refractivity contribution in [3.8, 4) is 0 Å². The largest absolute Gasteiger partial charge is 0.619 e. The zero-order valence-electron chi connectivity index (χ0n) is 7.07.